The summed E-state index contributed by atoms with van der Waals surface area (Å²) in [6, 6.07) is 10.2. The van der Waals surface area contributed by atoms with Gasteiger partial charge in [0.1, 0.15) is 5.75 Å². The van der Waals surface area contributed by atoms with Crippen molar-refractivity contribution in [3.63, 3.8) is 0 Å². The predicted molar refractivity (Wildman–Crippen MR) is 87.9 cm³/mol. The summed E-state index contributed by atoms with van der Waals surface area (Å²) in [6.07, 6.45) is 6.36. The Kier molecular flexibility index (Phi) is 3.45. The molecule has 118 valence electrons. The lowest BCUT2D eigenvalue weighted by Crippen LogP contribution is -2.39. The van der Waals surface area contributed by atoms with Crippen molar-refractivity contribution in [2.45, 2.75) is 25.3 Å². The molecular weight excluding hydrogens is 290 g/mol. The van der Waals surface area contributed by atoms with Crippen molar-refractivity contribution in [2.24, 2.45) is 0 Å². The summed E-state index contributed by atoms with van der Waals surface area (Å²) < 4.78 is 10.5. The van der Waals surface area contributed by atoms with Gasteiger partial charge in [0.05, 0.1) is 25.2 Å². The molecule has 1 saturated heterocycles. The van der Waals surface area contributed by atoms with Crippen LogP contribution in [0.3, 0.4) is 0 Å². The fourth-order valence-electron chi connectivity index (χ4n) is 3.68. The molecule has 2 aliphatic rings. The number of furan rings is 1. The van der Waals surface area contributed by atoms with Gasteiger partial charge in [-0.05, 0) is 48.6 Å². The first kappa shape index (κ1) is 14.1. The molecule has 0 spiro atoms. The van der Waals surface area contributed by atoms with Gasteiger partial charge in [0.15, 0.2) is 0 Å². The van der Waals surface area contributed by atoms with E-state index in [1.807, 2.05) is 35.2 Å². The Balaban J connectivity index is 1.84. The number of hydrogen-bond donors (Lipinski definition) is 0. The molecule has 3 heterocycles. The summed E-state index contributed by atoms with van der Waals surface area (Å²) in [5.74, 6) is 0.954. The molecule has 1 atom stereocenters. The highest BCUT2D eigenvalue weighted by Crippen LogP contribution is 2.40. The zero-order valence-corrected chi connectivity index (χ0v) is 13.1. The lowest BCUT2D eigenvalue weighted by atomic mass is 9.86. The smallest absolute Gasteiger partial charge is 0.255 e. The van der Waals surface area contributed by atoms with Gasteiger partial charge in [-0.1, -0.05) is 12.1 Å². The molecule has 0 N–H and O–H groups in total. The number of carbonyl (C=O) groups is 1. The third-order valence-electron chi connectivity index (χ3n) is 4.84. The van der Waals surface area contributed by atoms with Gasteiger partial charge in [-0.3, -0.25) is 4.79 Å². The molecule has 2 aliphatic heterocycles. The molecule has 1 aromatic heterocycles. The molecule has 2 aromatic rings. The second-order valence-corrected chi connectivity index (χ2v) is 6.09. The zero-order chi connectivity index (χ0) is 15.8. The topological polar surface area (TPSA) is 42.7 Å². The molecule has 1 unspecified atom stereocenters. The quantitative estimate of drug-likeness (QED) is 0.870. The molecule has 0 saturated carbocycles. The van der Waals surface area contributed by atoms with E-state index < -0.39 is 0 Å². The van der Waals surface area contributed by atoms with Crippen LogP contribution in [-0.2, 0) is 4.79 Å². The third kappa shape index (κ3) is 2.34. The van der Waals surface area contributed by atoms with Crippen LogP contribution in [0.1, 0.15) is 30.4 Å². The molecule has 1 aromatic carbocycles. The van der Waals surface area contributed by atoms with Gasteiger partial charge in [-0.25, -0.2) is 0 Å². The van der Waals surface area contributed by atoms with Gasteiger partial charge in [-0.15, -0.1) is 0 Å². The highest BCUT2D eigenvalue weighted by Gasteiger charge is 2.38. The zero-order valence-electron chi connectivity index (χ0n) is 13.1. The third-order valence-corrected chi connectivity index (χ3v) is 4.84. The van der Waals surface area contributed by atoms with E-state index in [2.05, 4.69) is 0 Å². The van der Waals surface area contributed by atoms with E-state index >= 15 is 0 Å². The molecule has 0 radical (unpaired) electrons. The summed E-state index contributed by atoms with van der Waals surface area (Å²) in [6.45, 7) is 0.862. The first-order chi connectivity index (χ1) is 11.3. The second-order valence-electron chi connectivity index (χ2n) is 6.09. The van der Waals surface area contributed by atoms with E-state index in [-0.39, 0.29) is 5.91 Å². The predicted octanol–water partition coefficient (Wildman–Crippen LogP) is 3.59. The average Bonchev–Trinajstić information content (AvgIpc) is 3.26. The molecule has 4 rings (SSSR count). The van der Waals surface area contributed by atoms with Crippen LogP contribution in [-0.4, -0.2) is 30.5 Å². The van der Waals surface area contributed by atoms with Crippen LogP contribution in [0.4, 0.5) is 0 Å². The monoisotopic (exact) mass is 309 g/mol. The van der Waals surface area contributed by atoms with Gasteiger partial charge in [0.2, 0.25) is 0 Å². The number of methoxy groups -OCH3 is 1. The maximum absolute atomic E-state index is 13.0. The Bertz CT molecular complexity index is 743. The van der Waals surface area contributed by atoms with E-state index in [0.717, 1.165) is 53.8 Å². The van der Waals surface area contributed by atoms with Gasteiger partial charge < -0.3 is 14.1 Å². The molecular formula is C19H19NO3. The summed E-state index contributed by atoms with van der Waals surface area (Å²) in [4.78, 5) is 15.0. The lowest BCUT2D eigenvalue weighted by molar-refractivity contribution is -0.126. The average molecular weight is 309 g/mol. The van der Waals surface area contributed by atoms with Gasteiger partial charge in [0, 0.05) is 18.2 Å². The standard InChI is InChI=1S/C19H19NO3/c1-22-16-6-4-13(5-7-16)17-11-15-3-2-9-20(15)19(21)18(17)14-8-10-23-12-14/h4-8,10,12,15H,2-3,9,11H2,1H3. The number of hydrogen-bond acceptors (Lipinski definition) is 3. The number of ether oxygens (including phenoxy) is 1. The first-order valence-corrected chi connectivity index (χ1v) is 7.99. The Morgan fingerprint density at radius 2 is 2.00 bits per heavy atom. The van der Waals surface area contributed by atoms with E-state index in [9.17, 15) is 4.79 Å². The Morgan fingerprint density at radius 1 is 1.17 bits per heavy atom. The van der Waals surface area contributed by atoms with Crippen LogP contribution in [0.5, 0.6) is 5.75 Å². The van der Waals surface area contributed by atoms with Crippen molar-refractivity contribution in [3.05, 3.63) is 54.0 Å². The molecule has 0 aliphatic carbocycles. The van der Waals surface area contributed by atoms with Crippen molar-refractivity contribution in [2.75, 3.05) is 13.7 Å². The number of rotatable bonds is 3. The second kappa shape index (κ2) is 5.61. The Hall–Kier alpha value is -2.49. The number of fused-ring (bicyclic) bond motifs is 1. The van der Waals surface area contributed by atoms with Gasteiger partial charge in [-0.2, -0.15) is 0 Å². The molecule has 23 heavy (non-hydrogen) atoms. The lowest BCUT2D eigenvalue weighted by Gasteiger charge is -2.33. The van der Waals surface area contributed by atoms with E-state index in [1.165, 1.54) is 0 Å². The van der Waals surface area contributed by atoms with Crippen molar-refractivity contribution in [1.29, 1.82) is 0 Å². The van der Waals surface area contributed by atoms with E-state index in [0.29, 0.717) is 6.04 Å². The fraction of sp³-hybridized carbons (Fsp3) is 0.316. The minimum absolute atomic E-state index is 0.131. The van der Waals surface area contributed by atoms with Crippen molar-refractivity contribution in [3.8, 4) is 5.75 Å². The molecule has 0 bridgehead atoms. The van der Waals surface area contributed by atoms with Gasteiger partial charge in [0.25, 0.3) is 5.91 Å². The maximum Gasteiger partial charge on any atom is 0.255 e. The number of nitrogens with zero attached hydrogens (tertiary/aromatic N) is 1. The summed E-state index contributed by atoms with van der Waals surface area (Å²) in [7, 11) is 1.66. The Labute approximate surface area is 135 Å². The summed E-state index contributed by atoms with van der Waals surface area (Å²) in [5.41, 5.74) is 3.84. The highest BCUT2D eigenvalue weighted by molar-refractivity contribution is 6.28. The van der Waals surface area contributed by atoms with E-state index in [1.54, 1.807) is 19.6 Å². The molecule has 4 heteroatoms. The highest BCUT2D eigenvalue weighted by atomic mass is 16.5. The SMILES string of the molecule is COc1ccc(C2=C(c3ccoc3)C(=O)N3CCCC3C2)cc1. The molecule has 1 fully saturated rings. The van der Waals surface area contributed by atoms with Crippen LogP contribution in [0.25, 0.3) is 11.1 Å². The van der Waals surface area contributed by atoms with Crippen LogP contribution >= 0.6 is 0 Å². The maximum atomic E-state index is 13.0. The minimum atomic E-state index is 0.131. The van der Waals surface area contributed by atoms with Crippen molar-refractivity contribution >= 4 is 17.1 Å². The van der Waals surface area contributed by atoms with Crippen LogP contribution < -0.4 is 4.74 Å². The number of carbonyl (C=O) groups excluding carboxylic acids is 1. The number of benzene rings is 1. The molecule has 4 nitrogen and oxygen atoms in total. The van der Waals surface area contributed by atoms with E-state index in [4.69, 9.17) is 9.15 Å². The van der Waals surface area contributed by atoms with Crippen LogP contribution in [0.2, 0.25) is 0 Å². The first-order valence-electron chi connectivity index (χ1n) is 7.99. The Morgan fingerprint density at radius 3 is 2.70 bits per heavy atom. The summed E-state index contributed by atoms with van der Waals surface area (Å²) >= 11 is 0. The van der Waals surface area contributed by atoms with Crippen LogP contribution in [0, 0.1) is 0 Å². The minimum Gasteiger partial charge on any atom is -0.497 e. The van der Waals surface area contributed by atoms with Crippen LogP contribution in [0.15, 0.2) is 47.3 Å². The molecule has 1 amide bonds. The number of amides is 1. The largest absolute Gasteiger partial charge is 0.497 e. The normalized spacial score (nSPS) is 20.8. The van der Waals surface area contributed by atoms with Crippen molar-refractivity contribution in [1.82, 2.24) is 4.90 Å². The summed E-state index contributed by atoms with van der Waals surface area (Å²) in [5, 5.41) is 0. The fourth-order valence-corrected chi connectivity index (χ4v) is 3.68. The van der Waals surface area contributed by atoms with Crippen molar-refractivity contribution < 1.29 is 13.9 Å². The van der Waals surface area contributed by atoms with Gasteiger partial charge >= 0.3 is 0 Å².